The zero-order valence-corrected chi connectivity index (χ0v) is 18.9. The highest BCUT2D eigenvalue weighted by atomic mass is 19.1. The van der Waals surface area contributed by atoms with Crippen molar-refractivity contribution in [2.24, 2.45) is 5.41 Å². The molecule has 3 nitrogen and oxygen atoms in total. The molecule has 172 valence electrons. The van der Waals surface area contributed by atoms with E-state index in [4.69, 9.17) is 0 Å². The Morgan fingerprint density at radius 2 is 1.74 bits per heavy atom. The van der Waals surface area contributed by atoms with Crippen molar-refractivity contribution in [1.82, 2.24) is 9.88 Å². The van der Waals surface area contributed by atoms with Crippen LogP contribution in [0.4, 0.5) is 8.78 Å². The minimum Gasteiger partial charge on any atom is -0.349 e. The summed E-state index contributed by atoms with van der Waals surface area (Å²) >= 11 is 0. The van der Waals surface area contributed by atoms with Crippen LogP contribution in [0.15, 0.2) is 72.9 Å². The maximum absolute atomic E-state index is 15.0. The van der Waals surface area contributed by atoms with Crippen molar-refractivity contribution < 1.29 is 13.6 Å². The molecule has 0 atom stereocenters. The van der Waals surface area contributed by atoms with E-state index in [1.165, 1.54) is 37.5 Å². The van der Waals surface area contributed by atoms with Gasteiger partial charge in [-0.1, -0.05) is 48.9 Å². The highest BCUT2D eigenvalue weighted by Crippen LogP contribution is 2.55. The van der Waals surface area contributed by atoms with E-state index in [1.807, 2.05) is 36.4 Å². The van der Waals surface area contributed by atoms with E-state index in [1.54, 1.807) is 22.9 Å². The van der Waals surface area contributed by atoms with Crippen molar-refractivity contribution in [2.45, 2.75) is 44.7 Å². The van der Waals surface area contributed by atoms with Crippen molar-refractivity contribution in [3.8, 4) is 11.1 Å². The molecule has 6 rings (SSSR count). The van der Waals surface area contributed by atoms with Crippen molar-refractivity contribution >= 4 is 16.8 Å². The van der Waals surface area contributed by atoms with Gasteiger partial charge in [0.2, 0.25) is 0 Å². The smallest absolute Gasteiger partial charge is 0.253 e. The molecule has 1 heterocycles. The molecule has 0 bridgehead atoms. The molecule has 1 amide bonds. The van der Waals surface area contributed by atoms with Crippen LogP contribution in [0, 0.1) is 17.0 Å². The van der Waals surface area contributed by atoms with Gasteiger partial charge in [-0.2, -0.15) is 0 Å². The number of benzene rings is 3. The Kier molecular flexibility index (Phi) is 5.01. The molecule has 0 saturated heterocycles. The van der Waals surface area contributed by atoms with Crippen molar-refractivity contribution in [3.63, 3.8) is 0 Å². The Hall–Kier alpha value is -3.47. The molecular formula is C29H26F2N2O. The number of fused-ring (bicyclic) bond motifs is 1. The van der Waals surface area contributed by atoms with E-state index in [2.05, 4.69) is 5.32 Å². The van der Waals surface area contributed by atoms with E-state index < -0.39 is 0 Å². The van der Waals surface area contributed by atoms with Crippen molar-refractivity contribution in [2.75, 3.05) is 0 Å². The van der Waals surface area contributed by atoms with Crippen LogP contribution in [0.25, 0.3) is 22.0 Å². The molecule has 0 aliphatic heterocycles. The van der Waals surface area contributed by atoms with Crippen LogP contribution in [0.3, 0.4) is 0 Å². The van der Waals surface area contributed by atoms with E-state index in [9.17, 15) is 9.18 Å². The van der Waals surface area contributed by atoms with Crippen LogP contribution in [0.2, 0.25) is 0 Å². The van der Waals surface area contributed by atoms with Gasteiger partial charge in [0.05, 0.1) is 17.6 Å². The van der Waals surface area contributed by atoms with E-state index in [-0.39, 0.29) is 30.1 Å². The van der Waals surface area contributed by atoms with E-state index in [0.717, 1.165) is 24.0 Å². The zero-order valence-electron chi connectivity index (χ0n) is 18.9. The number of aromatic nitrogens is 1. The number of hydrogen-bond donors (Lipinski definition) is 1. The summed E-state index contributed by atoms with van der Waals surface area (Å²) in [6, 6.07) is 19.5. The predicted octanol–water partition coefficient (Wildman–Crippen LogP) is 6.70. The van der Waals surface area contributed by atoms with E-state index in [0.29, 0.717) is 27.4 Å². The van der Waals surface area contributed by atoms with Gasteiger partial charge in [-0.3, -0.25) is 4.79 Å². The maximum atomic E-state index is 15.0. The van der Waals surface area contributed by atoms with Gasteiger partial charge >= 0.3 is 0 Å². The summed E-state index contributed by atoms with van der Waals surface area (Å²) in [6.45, 7) is 0.209. The lowest BCUT2D eigenvalue weighted by Crippen LogP contribution is -2.53. The second kappa shape index (κ2) is 8.08. The summed E-state index contributed by atoms with van der Waals surface area (Å²) in [5.41, 5.74) is 3.62. The number of carbonyl (C=O) groups excluding carboxylic acids is 1. The largest absolute Gasteiger partial charge is 0.349 e. The third kappa shape index (κ3) is 3.60. The molecule has 3 aromatic carbocycles. The molecule has 0 unspecified atom stereocenters. The zero-order chi connectivity index (χ0) is 23.3. The predicted molar refractivity (Wildman–Crippen MR) is 130 cm³/mol. The highest BCUT2D eigenvalue weighted by molar-refractivity contribution is 6.06. The molecule has 2 aliphatic rings. The topological polar surface area (TPSA) is 34.0 Å². The molecule has 2 fully saturated rings. The van der Waals surface area contributed by atoms with Gasteiger partial charge < -0.3 is 9.88 Å². The maximum Gasteiger partial charge on any atom is 0.253 e. The highest BCUT2D eigenvalue weighted by Gasteiger charge is 2.48. The second-order valence-corrected chi connectivity index (χ2v) is 9.91. The SMILES string of the molecule is O=C(NC1CC2(CCC2)C1)c1ccc(F)c2ccn(Cc3ccc(-c4ccccc4)cc3F)c12. The normalized spacial score (nSPS) is 16.9. The van der Waals surface area contributed by atoms with Gasteiger partial charge in [0.25, 0.3) is 5.91 Å². The van der Waals surface area contributed by atoms with Gasteiger partial charge in [0, 0.05) is 23.2 Å². The number of carbonyl (C=O) groups is 1. The number of halogens is 2. The Morgan fingerprint density at radius 3 is 2.44 bits per heavy atom. The first-order valence-electron chi connectivity index (χ1n) is 11.9. The van der Waals surface area contributed by atoms with Crippen LogP contribution in [0.1, 0.15) is 48.0 Å². The quantitative estimate of drug-likeness (QED) is 0.356. The fourth-order valence-electron chi connectivity index (χ4n) is 5.71. The van der Waals surface area contributed by atoms with Crippen LogP contribution in [-0.4, -0.2) is 16.5 Å². The molecular weight excluding hydrogens is 430 g/mol. The molecule has 34 heavy (non-hydrogen) atoms. The van der Waals surface area contributed by atoms with Crippen LogP contribution in [-0.2, 0) is 6.54 Å². The minimum absolute atomic E-state index is 0.180. The summed E-state index contributed by atoms with van der Waals surface area (Å²) in [5, 5.41) is 3.51. The molecule has 5 heteroatoms. The lowest BCUT2D eigenvalue weighted by molar-refractivity contribution is -0.000603. The number of nitrogens with zero attached hydrogens (tertiary/aromatic N) is 1. The van der Waals surface area contributed by atoms with Crippen LogP contribution < -0.4 is 5.32 Å². The molecule has 2 aliphatic carbocycles. The average molecular weight is 457 g/mol. The first-order valence-corrected chi connectivity index (χ1v) is 11.9. The Balaban J connectivity index is 1.28. The fraction of sp³-hybridized carbons (Fsp3) is 0.276. The molecule has 4 aromatic rings. The van der Waals surface area contributed by atoms with Gasteiger partial charge in [0.15, 0.2) is 0 Å². The van der Waals surface area contributed by atoms with Crippen molar-refractivity contribution in [3.05, 3.63) is 95.7 Å². The number of hydrogen-bond acceptors (Lipinski definition) is 1. The first kappa shape index (κ1) is 21.1. The van der Waals surface area contributed by atoms with Crippen LogP contribution >= 0.6 is 0 Å². The van der Waals surface area contributed by atoms with Crippen molar-refractivity contribution in [1.29, 1.82) is 0 Å². The molecule has 0 radical (unpaired) electrons. The fourth-order valence-corrected chi connectivity index (χ4v) is 5.71. The number of nitrogens with one attached hydrogen (secondary N) is 1. The number of rotatable bonds is 5. The molecule has 1 N–H and O–H groups in total. The van der Waals surface area contributed by atoms with E-state index >= 15 is 4.39 Å². The van der Waals surface area contributed by atoms with Gasteiger partial charge in [0.1, 0.15) is 11.6 Å². The summed E-state index contributed by atoms with van der Waals surface area (Å²) in [7, 11) is 0. The minimum atomic E-state index is -0.387. The molecule has 1 aromatic heterocycles. The monoisotopic (exact) mass is 456 g/mol. The standard InChI is InChI=1S/C29H26F2N2O/c30-25-10-9-24(28(34)32-22-16-29(17-22)12-4-13-29)27-23(25)11-14-33(27)18-21-8-7-20(15-26(21)31)19-5-2-1-3-6-19/h1-3,5-11,14-15,22H,4,12-13,16-18H2,(H,32,34). The van der Waals surface area contributed by atoms with Gasteiger partial charge in [-0.25, -0.2) is 8.78 Å². The summed E-state index contributed by atoms with van der Waals surface area (Å²) in [4.78, 5) is 13.1. The average Bonchev–Trinajstić information content (AvgIpc) is 3.21. The van der Waals surface area contributed by atoms with Crippen LogP contribution in [0.5, 0.6) is 0 Å². The molecule has 2 saturated carbocycles. The molecule has 1 spiro atoms. The third-order valence-electron chi connectivity index (χ3n) is 7.73. The summed E-state index contributed by atoms with van der Waals surface area (Å²) < 4.78 is 31.4. The Labute approximate surface area is 197 Å². The third-order valence-corrected chi connectivity index (χ3v) is 7.73. The lowest BCUT2D eigenvalue weighted by atomic mass is 9.54. The Morgan fingerprint density at radius 1 is 0.941 bits per heavy atom. The summed E-state index contributed by atoms with van der Waals surface area (Å²) in [5.74, 6) is -0.905. The second-order valence-electron chi connectivity index (χ2n) is 9.91. The first-order chi connectivity index (χ1) is 16.5. The van der Waals surface area contributed by atoms with Gasteiger partial charge in [-0.05, 0) is 66.5 Å². The number of amides is 1. The lowest BCUT2D eigenvalue weighted by Gasteiger charge is -2.54. The Bertz CT molecular complexity index is 1380. The van der Waals surface area contributed by atoms with Gasteiger partial charge in [-0.15, -0.1) is 0 Å². The summed E-state index contributed by atoms with van der Waals surface area (Å²) in [6.07, 6.45) is 7.60.